The second kappa shape index (κ2) is 5.25. The molecule has 0 aliphatic carbocycles. The molecular formula is C12H13NO6. The molecule has 2 rings (SSSR count). The number of ether oxygens (including phenoxy) is 1. The topological polar surface area (TPSA) is 102 Å². The van der Waals surface area contributed by atoms with Gasteiger partial charge in [0.05, 0.1) is 12.1 Å². The first-order valence-electron chi connectivity index (χ1n) is 5.56. The van der Waals surface area contributed by atoms with Gasteiger partial charge in [0, 0.05) is 7.05 Å². The fraction of sp³-hybridized carbons (Fsp3) is 0.333. The zero-order valence-electron chi connectivity index (χ0n) is 10.2. The number of hydrogen-bond acceptors (Lipinski definition) is 5. The lowest BCUT2D eigenvalue weighted by molar-refractivity contribution is -0.143. The van der Waals surface area contributed by atoms with Gasteiger partial charge >= 0.3 is 11.7 Å². The summed E-state index contributed by atoms with van der Waals surface area (Å²) < 4.78 is 11.2. The van der Waals surface area contributed by atoms with E-state index in [0.717, 1.165) is 0 Å². The smallest absolute Gasteiger partial charge is 0.419 e. The maximum Gasteiger partial charge on any atom is 0.419 e. The van der Waals surface area contributed by atoms with E-state index in [-0.39, 0.29) is 6.61 Å². The van der Waals surface area contributed by atoms with E-state index in [9.17, 15) is 14.7 Å². The van der Waals surface area contributed by atoms with Crippen LogP contribution >= 0.6 is 0 Å². The average Bonchev–Trinajstić information content (AvgIpc) is 2.64. The standard InChI is InChI=1S/C12H13NO6/c1-13-8-3-2-7(4-10(8)19-12(13)17)9(14)5-18-6-11(15)16/h2-4,9,14H,5-6H2,1H3,(H,15,16). The number of nitrogens with zero attached hydrogens (tertiary/aromatic N) is 1. The number of aryl methyl sites for hydroxylation is 1. The highest BCUT2D eigenvalue weighted by Gasteiger charge is 2.12. The third-order valence-electron chi connectivity index (χ3n) is 2.70. The first kappa shape index (κ1) is 13.3. The second-order valence-corrected chi connectivity index (χ2v) is 4.08. The predicted molar refractivity (Wildman–Crippen MR) is 64.9 cm³/mol. The quantitative estimate of drug-likeness (QED) is 0.806. The number of aliphatic hydroxyl groups is 1. The molecule has 0 saturated heterocycles. The van der Waals surface area contributed by atoms with Crippen LogP contribution in [0.2, 0.25) is 0 Å². The van der Waals surface area contributed by atoms with Crippen molar-refractivity contribution in [1.82, 2.24) is 4.57 Å². The highest BCUT2D eigenvalue weighted by Crippen LogP contribution is 2.19. The van der Waals surface area contributed by atoms with Gasteiger partial charge in [-0.3, -0.25) is 4.57 Å². The minimum atomic E-state index is -1.10. The van der Waals surface area contributed by atoms with E-state index in [1.807, 2.05) is 0 Å². The number of fused-ring (bicyclic) bond motifs is 1. The van der Waals surface area contributed by atoms with Crippen molar-refractivity contribution in [2.75, 3.05) is 13.2 Å². The normalized spacial score (nSPS) is 12.7. The van der Waals surface area contributed by atoms with E-state index in [0.29, 0.717) is 16.7 Å². The minimum absolute atomic E-state index is 0.144. The van der Waals surface area contributed by atoms with E-state index in [2.05, 4.69) is 0 Å². The summed E-state index contributed by atoms with van der Waals surface area (Å²) in [6.07, 6.45) is -0.978. The number of aliphatic hydroxyl groups excluding tert-OH is 1. The van der Waals surface area contributed by atoms with Crippen LogP contribution in [-0.4, -0.2) is 34.0 Å². The molecule has 1 aromatic heterocycles. The van der Waals surface area contributed by atoms with Gasteiger partial charge in [-0.25, -0.2) is 9.59 Å². The highest BCUT2D eigenvalue weighted by atomic mass is 16.5. The van der Waals surface area contributed by atoms with Gasteiger partial charge in [-0.15, -0.1) is 0 Å². The van der Waals surface area contributed by atoms with Gasteiger partial charge in [0.25, 0.3) is 0 Å². The lowest BCUT2D eigenvalue weighted by Crippen LogP contribution is -2.13. The Hall–Kier alpha value is -2.12. The van der Waals surface area contributed by atoms with Gasteiger partial charge in [-0.2, -0.15) is 0 Å². The Bertz CT molecular complexity index is 656. The van der Waals surface area contributed by atoms with E-state index in [4.69, 9.17) is 14.3 Å². The Labute approximate surface area is 107 Å². The molecule has 7 nitrogen and oxygen atoms in total. The van der Waals surface area contributed by atoms with Gasteiger partial charge in [0.15, 0.2) is 5.58 Å². The van der Waals surface area contributed by atoms with E-state index in [1.165, 1.54) is 10.6 Å². The predicted octanol–water partition coefficient (Wildman–Crippen LogP) is 0.266. The molecule has 1 unspecified atom stereocenters. The summed E-state index contributed by atoms with van der Waals surface area (Å²) in [6, 6.07) is 4.81. The van der Waals surface area contributed by atoms with Crippen LogP contribution in [0.1, 0.15) is 11.7 Å². The molecule has 2 aromatic rings. The molecule has 0 radical (unpaired) electrons. The van der Waals surface area contributed by atoms with Gasteiger partial charge in [-0.05, 0) is 17.7 Å². The lowest BCUT2D eigenvalue weighted by atomic mass is 10.1. The number of carboxylic acid groups (broad SMARTS) is 1. The molecule has 0 bridgehead atoms. The van der Waals surface area contributed by atoms with Crippen LogP contribution in [0.4, 0.5) is 0 Å². The minimum Gasteiger partial charge on any atom is -0.480 e. The number of hydrogen-bond donors (Lipinski definition) is 2. The fourth-order valence-electron chi connectivity index (χ4n) is 1.71. The van der Waals surface area contributed by atoms with Crippen molar-refractivity contribution in [1.29, 1.82) is 0 Å². The first-order chi connectivity index (χ1) is 8.99. The Balaban J connectivity index is 2.16. The van der Waals surface area contributed by atoms with E-state index in [1.54, 1.807) is 19.2 Å². The second-order valence-electron chi connectivity index (χ2n) is 4.08. The van der Waals surface area contributed by atoms with Crippen LogP contribution in [0.25, 0.3) is 11.1 Å². The maximum absolute atomic E-state index is 11.3. The number of aromatic nitrogens is 1. The Kier molecular flexibility index (Phi) is 3.68. The Morgan fingerprint density at radius 2 is 2.26 bits per heavy atom. The molecule has 1 heterocycles. The summed E-state index contributed by atoms with van der Waals surface area (Å²) in [7, 11) is 1.58. The lowest BCUT2D eigenvalue weighted by Gasteiger charge is -2.10. The summed E-state index contributed by atoms with van der Waals surface area (Å²) >= 11 is 0. The van der Waals surface area contributed by atoms with Crippen LogP contribution in [0.15, 0.2) is 27.4 Å². The van der Waals surface area contributed by atoms with Crippen molar-refractivity contribution in [3.63, 3.8) is 0 Å². The summed E-state index contributed by atoms with van der Waals surface area (Å²) in [4.78, 5) is 21.6. The monoisotopic (exact) mass is 267 g/mol. The summed E-state index contributed by atoms with van der Waals surface area (Å²) in [5.74, 6) is -1.58. The zero-order valence-corrected chi connectivity index (χ0v) is 10.2. The molecular weight excluding hydrogens is 254 g/mol. The van der Waals surface area contributed by atoms with Crippen molar-refractivity contribution >= 4 is 17.1 Å². The molecule has 0 aliphatic rings. The number of rotatable bonds is 5. The van der Waals surface area contributed by atoms with Gasteiger partial charge in [0.2, 0.25) is 0 Å². The largest absolute Gasteiger partial charge is 0.480 e. The maximum atomic E-state index is 11.3. The van der Waals surface area contributed by atoms with Crippen molar-refractivity contribution in [3.8, 4) is 0 Å². The van der Waals surface area contributed by atoms with Crippen molar-refractivity contribution < 1.29 is 24.2 Å². The Morgan fingerprint density at radius 1 is 1.53 bits per heavy atom. The highest BCUT2D eigenvalue weighted by molar-refractivity contribution is 5.73. The molecule has 1 atom stereocenters. The number of aliphatic carboxylic acids is 1. The number of oxazole rings is 1. The molecule has 0 aliphatic heterocycles. The third kappa shape index (κ3) is 2.83. The first-order valence-corrected chi connectivity index (χ1v) is 5.56. The van der Waals surface area contributed by atoms with Crippen LogP contribution in [0.5, 0.6) is 0 Å². The zero-order chi connectivity index (χ0) is 14.0. The molecule has 102 valence electrons. The molecule has 0 amide bonds. The number of carbonyl (C=O) groups is 1. The van der Waals surface area contributed by atoms with E-state index < -0.39 is 24.4 Å². The number of carboxylic acids is 1. The Morgan fingerprint density at radius 3 is 2.95 bits per heavy atom. The van der Waals surface area contributed by atoms with Crippen molar-refractivity contribution in [2.45, 2.75) is 6.10 Å². The van der Waals surface area contributed by atoms with Crippen molar-refractivity contribution in [2.24, 2.45) is 7.05 Å². The average molecular weight is 267 g/mol. The van der Waals surface area contributed by atoms with Gasteiger partial charge < -0.3 is 19.4 Å². The molecule has 19 heavy (non-hydrogen) atoms. The van der Waals surface area contributed by atoms with Gasteiger partial charge in [0.1, 0.15) is 12.7 Å². The summed E-state index contributed by atoms with van der Waals surface area (Å²) in [5.41, 5.74) is 1.47. The van der Waals surface area contributed by atoms with Crippen LogP contribution in [0.3, 0.4) is 0 Å². The third-order valence-corrected chi connectivity index (χ3v) is 2.70. The van der Waals surface area contributed by atoms with E-state index >= 15 is 0 Å². The summed E-state index contributed by atoms with van der Waals surface area (Å²) in [6.45, 7) is -0.616. The SMILES string of the molecule is Cn1c(=O)oc2cc(C(O)COCC(=O)O)ccc21. The molecule has 2 N–H and O–H groups in total. The van der Waals surface area contributed by atoms with Crippen LogP contribution in [0, 0.1) is 0 Å². The molecule has 0 spiro atoms. The van der Waals surface area contributed by atoms with Gasteiger partial charge in [-0.1, -0.05) is 6.07 Å². The molecule has 0 saturated carbocycles. The molecule has 7 heteroatoms. The molecule has 1 aromatic carbocycles. The molecule has 0 fully saturated rings. The number of benzene rings is 1. The summed E-state index contributed by atoms with van der Waals surface area (Å²) in [5, 5.41) is 18.2. The van der Waals surface area contributed by atoms with Crippen LogP contribution in [-0.2, 0) is 16.6 Å². The fourth-order valence-corrected chi connectivity index (χ4v) is 1.71. The van der Waals surface area contributed by atoms with Crippen LogP contribution < -0.4 is 5.76 Å². The van der Waals surface area contributed by atoms with Crippen molar-refractivity contribution in [3.05, 3.63) is 34.3 Å².